The van der Waals surface area contributed by atoms with Crippen LogP contribution in [0, 0.1) is 5.92 Å². The van der Waals surface area contributed by atoms with Crippen molar-refractivity contribution in [2.75, 3.05) is 11.9 Å². The zero-order valence-electron chi connectivity index (χ0n) is 11.5. The number of rotatable bonds is 2. The fourth-order valence-electron chi connectivity index (χ4n) is 3.71. The summed E-state index contributed by atoms with van der Waals surface area (Å²) in [5.74, 6) is 1.80. The summed E-state index contributed by atoms with van der Waals surface area (Å²) in [5, 5.41) is 3.51. The molecule has 1 aliphatic carbocycles. The Bertz CT molecular complexity index is 410. The van der Waals surface area contributed by atoms with E-state index in [1.807, 2.05) is 0 Å². The van der Waals surface area contributed by atoms with Gasteiger partial charge in [0.15, 0.2) is 0 Å². The van der Waals surface area contributed by atoms with Gasteiger partial charge in [-0.1, -0.05) is 38.3 Å². The van der Waals surface area contributed by atoms with Gasteiger partial charge in [-0.3, -0.25) is 0 Å². The molecule has 2 aliphatic rings. The maximum atomic E-state index is 3.51. The summed E-state index contributed by atoms with van der Waals surface area (Å²) in [7, 11) is 0. The summed E-state index contributed by atoms with van der Waals surface area (Å²) < 4.78 is 0. The second-order valence-corrected chi connectivity index (χ2v) is 6.08. The number of anilines is 1. The predicted octanol–water partition coefficient (Wildman–Crippen LogP) is 4.73. The number of fused-ring (bicyclic) bond motifs is 1. The average molecular weight is 243 g/mol. The van der Waals surface area contributed by atoms with Gasteiger partial charge in [-0.2, -0.15) is 0 Å². The van der Waals surface area contributed by atoms with Gasteiger partial charge in [0.1, 0.15) is 0 Å². The Balaban J connectivity index is 1.79. The van der Waals surface area contributed by atoms with Crippen LogP contribution in [0.25, 0.3) is 0 Å². The van der Waals surface area contributed by atoms with Crippen molar-refractivity contribution in [2.24, 2.45) is 5.92 Å². The van der Waals surface area contributed by atoms with E-state index in [0.717, 1.165) is 18.4 Å². The molecule has 1 N–H and O–H groups in total. The van der Waals surface area contributed by atoms with Gasteiger partial charge in [-0.15, -0.1) is 0 Å². The van der Waals surface area contributed by atoms with E-state index in [9.17, 15) is 0 Å². The molecule has 98 valence electrons. The van der Waals surface area contributed by atoms with Crippen LogP contribution < -0.4 is 5.32 Å². The topological polar surface area (TPSA) is 12.0 Å². The van der Waals surface area contributed by atoms with Crippen LogP contribution in [-0.2, 0) is 6.42 Å². The lowest BCUT2D eigenvalue weighted by atomic mass is 9.76. The van der Waals surface area contributed by atoms with Crippen LogP contribution in [0.4, 0.5) is 5.69 Å². The second-order valence-electron chi connectivity index (χ2n) is 6.08. The lowest BCUT2D eigenvalue weighted by molar-refractivity contribution is 0.314. The largest absolute Gasteiger partial charge is 0.385 e. The minimum Gasteiger partial charge on any atom is -0.385 e. The van der Waals surface area contributed by atoms with Gasteiger partial charge in [-0.05, 0) is 54.7 Å². The third-order valence-corrected chi connectivity index (χ3v) is 4.90. The van der Waals surface area contributed by atoms with Crippen molar-refractivity contribution in [1.82, 2.24) is 0 Å². The average Bonchev–Trinajstić information content (AvgIpc) is 2.47. The normalized spacial score (nSPS) is 27.4. The van der Waals surface area contributed by atoms with Crippen molar-refractivity contribution in [3.63, 3.8) is 0 Å². The van der Waals surface area contributed by atoms with Crippen LogP contribution in [0.1, 0.15) is 62.5 Å². The number of hydrogen-bond acceptors (Lipinski definition) is 1. The quantitative estimate of drug-likeness (QED) is 0.792. The van der Waals surface area contributed by atoms with E-state index in [2.05, 4.69) is 30.4 Å². The lowest BCUT2D eigenvalue weighted by Crippen LogP contribution is -2.15. The number of nitrogens with one attached hydrogen (secondary N) is 1. The first kappa shape index (κ1) is 12.1. The molecular weight excluding hydrogens is 218 g/mol. The van der Waals surface area contributed by atoms with Crippen LogP contribution in [0.3, 0.4) is 0 Å². The van der Waals surface area contributed by atoms with E-state index >= 15 is 0 Å². The van der Waals surface area contributed by atoms with Crippen LogP contribution in [0.15, 0.2) is 18.2 Å². The van der Waals surface area contributed by atoms with E-state index in [1.54, 1.807) is 11.1 Å². The van der Waals surface area contributed by atoms with Crippen molar-refractivity contribution < 1.29 is 0 Å². The summed E-state index contributed by atoms with van der Waals surface area (Å²) in [6, 6.07) is 7.18. The molecule has 1 aromatic rings. The van der Waals surface area contributed by atoms with E-state index in [-0.39, 0.29) is 0 Å². The number of hydrogen-bond donors (Lipinski definition) is 1. The van der Waals surface area contributed by atoms with Crippen LogP contribution in [-0.4, -0.2) is 6.54 Å². The minimum atomic E-state index is 0.830. The minimum absolute atomic E-state index is 0.830. The highest BCUT2D eigenvalue weighted by atomic mass is 14.9. The molecule has 2 atom stereocenters. The standard InChI is InChI=1S/C17H25N/c1-2-13-5-3-6-14(11-13)15-8-9-17-16(12-15)7-4-10-18-17/h8-9,12-14,18H,2-7,10-11H2,1H3. The zero-order valence-corrected chi connectivity index (χ0v) is 11.5. The molecule has 1 heterocycles. The maximum absolute atomic E-state index is 3.51. The van der Waals surface area contributed by atoms with Crippen molar-refractivity contribution in [2.45, 2.75) is 57.8 Å². The van der Waals surface area contributed by atoms with Gasteiger partial charge < -0.3 is 5.32 Å². The highest BCUT2D eigenvalue weighted by molar-refractivity contribution is 5.54. The Kier molecular flexibility index (Phi) is 3.58. The Morgan fingerprint density at radius 2 is 2.17 bits per heavy atom. The molecule has 1 aliphatic heterocycles. The molecule has 0 amide bonds. The van der Waals surface area contributed by atoms with Gasteiger partial charge >= 0.3 is 0 Å². The summed E-state index contributed by atoms with van der Waals surface area (Å²) >= 11 is 0. The maximum Gasteiger partial charge on any atom is 0.0372 e. The molecular formula is C17H25N. The summed E-state index contributed by atoms with van der Waals surface area (Å²) in [6.45, 7) is 3.50. The van der Waals surface area contributed by atoms with E-state index in [1.165, 1.54) is 50.6 Å². The van der Waals surface area contributed by atoms with Crippen LogP contribution in [0.2, 0.25) is 0 Å². The molecule has 1 nitrogen and oxygen atoms in total. The summed E-state index contributed by atoms with van der Waals surface area (Å²) in [5.41, 5.74) is 4.54. The molecule has 1 aromatic carbocycles. The predicted molar refractivity (Wildman–Crippen MR) is 78.2 cm³/mol. The zero-order chi connectivity index (χ0) is 12.4. The van der Waals surface area contributed by atoms with Crippen molar-refractivity contribution in [3.8, 4) is 0 Å². The van der Waals surface area contributed by atoms with Gasteiger partial charge in [0.05, 0.1) is 0 Å². The third kappa shape index (κ3) is 2.41. The molecule has 1 heteroatoms. The van der Waals surface area contributed by atoms with E-state index in [0.29, 0.717) is 0 Å². The SMILES string of the molecule is CCC1CCCC(c2ccc3c(c2)CCCN3)C1. The van der Waals surface area contributed by atoms with Crippen molar-refractivity contribution in [3.05, 3.63) is 29.3 Å². The molecule has 1 saturated carbocycles. The Hall–Kier alpha value is -0.980. The molecule has 1 fully saturated rings. The van der Waals surface area contributed by atoms with Gasteiger partial charge in [0, 0.05) is 12.2 Å². The second kappa shape index (κ2) is 5.34. The van der Waals surface area contributed by atoms with Crippen molar-refractivity contribution in [1.29, 1.82) is 0 Å². The molecule has 0 radical (unpaired) electrons. The molecule has 0 spiro atoms. The van der Waals surface area contributed by atoms with Crippen LogP contribution >= 0.6 is 0 Å². The monoisotopic (exact) mass is 243 g/mol. The van der Waals surface area contributed by atoms with Crippen molar-refractivity contribution >= 4 is 5.69 Å². The molecule has 0 saturated heterocycles. The fraction of sp³-hybridized carbons (Fsp3) is 0.647. The molecule has 0 bridgehead atoms. The first-order chi connectivity index (χ1) is 8.86. The lowest BCUT2D eigenvalue weighted by Gasteiger charge is -2.30. The third-order valence-electron chi connectivity index (χ3n) is 4.90. The van der Waals surface area contributed by atoms with Gasteiger partial charge in [0.2, 0.25) is 0 Å². The highest BCUT2D eigenvalue weighted by Crippen LogP contribution is 2.38. The van der Waals surface area contributed by atoms with E-state index in [4.69, 9.17) is 0 Å². The molecule has 18 heavy (non-hydrogen) atoms. The number of aryl methyl sites for hydroxylation is 1. The Morgan fingerprint density at radius 3 is 3.06 bits per heavy atom. The molecule has 0 aromatic heterocycles. The molecule has 3 rings (SSSR count). The van der Waals surface area contributed by atoms with E-state index < -0.39 is 0 Å². The van der Waals surface area contributed by atoms with Crippen LogP contribution in [0.5, 0.6) is 0 Å². The van der Waals surface area contributed by atoms with Gasteiger partial charge in [-0.25, -0.2) is 0 Å². The Morgan fingerprint density at radius 1 is 1.22 bits per heavy atom. The number of benzene rings is 1. The summed E-state index contributed by atoms with van der Waals surface area (Å²) in [4.78, 5) is 0. The Labute approximate surface area is 111 Å². The first-order valence-corrected chi connectivity index (χ1v) is 7.73. The highest BCUT2D eigenvalue weighted by Gasteiger charge is 2.22. The van der Waals surface area contributed by atoms with Gasteiger partial charge in [0.25, 0.3) is 0 Å². The first-order valence-electron chi connectivity index (χ1n) is 7.73. The summed E-state index contributed by atoms with van der Waals surface area (Å²) in [6.07, 6.45) is 9.63. The molecule has 2 unspecified atom stereocenters. The fourth-order valence-corrected chi connectivity index (χ4v) is 3.71. The smallest absolute Gasteiger partial charge is 0.0372 e.